The number of alkyl halides is 3. The van der Waals surface area contributed by atoms with Crippen LogP contribution in [0.1, 0.15) is 42.0 Å². The molecule has 1 aliphatic carbocycles. The van der Waals surface area contributed by atoms with Gasteiger partial charge in [-0.05, 0) is 55.8 Å². The third kappa shape index (κ3) is 4.72. The molecule has 9 heteroatoms. The van der Waals surface area contributed by atoms with E-state index in [2.05, 4.69) is 44.0 Å². The predicted octanol–water partition coefficient (Wildman–Crippen LogP) is 5.14. The predicted molar refractivity (Wildman–Crippen MR) is 125 cm³/mol. The quantitative estimate of drug-likeness (QED) is 0.524. The van der Waals surface area contributed by atoms with Gasteiger partial charge in [-0.2, -0.15) is 13.2 Å². The van der Waals surface area contributed by atoms with E-state index in [9.17, 15) is 13.2 Å². The van der Waals surface area contributed by atoms with Crippen LogP contribution in [0.4, 0.5) is 19.0 Å². The highest BCUT2D eigenvalue weighted by Crippen LogP contribution is 2.36. The lowest BCUT2D eigenvalue weighted by atomic mass is 9.79. The van der Waals surface area contributed by atoms with Crippen LogP contribution in [-0.2, 0) is 17.3 Å². The number of ether oxygens (including phenoxy) is 1. The Bertz CT molecular complexity index is 1170. The van der Waals surface area contributed by atoms with E-state index in [4.69, 9.17) is 4.74 Å². The van der Waals surface area contributed by atoms with Gasteiger partial charge in [-0.25, -0.2) is 15.0 Å². The Morgan fingerprint density at radius 1 is 1.18 bits per heavy atom. The lowest BCUT2D eigenvalue weighted by molar-refractivity contribution is -0.140. The smallest absolute Gasteiger partial charge is 0.381 e. The monoisotopic (exact) mass is 471 g/mol. The topological polar surface area (TPSA) is 66.4 Å². The van der Waals surface area contributed by atoms with Gasteiger partial charge in [-0.3, -0.25) is 0 Å². The van der Waals surface area contributed by atoms with Crippen LogP contribution in [-0.4, -0.2) is 58.9 Å². The lowest BCUT2D eigenvalue weighted by Crippen LogP contribution is -2.43. The number of nitrogens with zero attached hydrogens (tertiary/aromatic N) is 4. The number of halogens is 3. The van der Waals surface area contributed by atoms with Crippen LogP contribution >= 0.6 is 0 Å². The zero-order valence-electron chi connectivity index (χ0n) is 19.1. The molecule has 0 bridgehead atoms. The number of aromatic amines is 1. The maximum absolute atomic E-state index is 13.2. The van der Waals surface area contributed by atoms with Gasteiger partial charge in [0.2, 0.25) is 0 Å². The fourth-order valence-corrected chi connectivity index (χ4v) is 5.26. The van der Waals surface area contributed by atoms with Gasteiger partial charge in [0.25, 0.3) is 0 Å². The van der Waals surface area contributed by atoms with Crippen LogP contribution in [0.25, 0.3) is 11.0 Å². The normalized spacial score (nSPS) is 22.0. The Morgan fingerprint density at radius 2 is 1.97 bits per heavy atom. The average Bonchev–Trinajstić information content (AvgIpc) is 3.29. The maximum Gasteiger partial charge on any atom is 0.431 e. The first-order valence-corrected chi connectivity index (χ1v) is 11.7. The Kier molecular flexibility index (Phi) is 6.40. The number of rotatable bonds is 5. The number of benzene rings is 1. The highest BCUT2D eigenvalue weighted by atomic mass is 19.4. The molecule has 3 aromatic rings. The van der Waals surface area contributed by atoms with Gasteiger partial charge >= 0.3 is 6.18 Å². The number of aromatic nitrogens is 3. The van der Waals surface area contributed by atoms with Gasteiger partial charge in [0.05, 0.1) is 5.39 Å². The van der Waals surface area contributed by atoms with E-state index in [1.807, 2.05) is 18.3 Å². The Balaban J connectivity index is 1.46. The Hall–Kier alpha value is -2.78. The van der Waals surface area contributed by atoms with Gasteiger partial charge in [-0.1, -0.05) is 24.3 Å². The molecule has 34 heavy (non-hydrogen) atoms. The van der Waals surface area contributed by atoms with Crippen molar-refractivity contribution in [1.29, 1.82) is 0 Å². The van der Waals surface area contributed by atoms with E-state index < -0.39 is 11.9 Å². The van der Waals surface area contributed by atoms with Crippen molar-refractivity contribution in [2.45, 2.75) is 43.8 Å². The minimum absolute atomic E-state index is 0.0147. The first kappa shape index (κ1) is 23.0. The summed E-state index contributed by atoms with van der Waals surface area (Å²) in [6.45, 7) is 2.62. The summed E-state index contributed by atoms with van der Waals surface area (Å²) in [5.41, 5.74) is 1.79. The van der Waals surface area contributed by atoms with Gasteiger partial charge in [0.15, 0.2) is 5.82 Å². The number of H-pyrrole nitrogens is 1. The van der Waals surface area contributed by atoms with Crippen LogP contribution in [0.2, 0.25) is 0 Å². The molecule has 1 unspecified atom stereocenters. The molecule has 6 nitrogen and oxygen atoms in total. The summed E-state index contributed by atoms with van der Waals surface area (Å²) in [5, 5.41) is 0.266. The third-order valence-corrected chi connectivity index (χ3v) is 7.06. The molecular formula is C25H28F3N5O. The zero-order chi connectivity index (χ0) is 23.7. The first-order chi connectivity index (χ1) is 16.4. The highest BCUT2D eigenvalue weighted by Gasteiger charge is 2.34. The fraction of sp³-hybridized carbons (Fsp3) is 0.480. The second kappa shape index (κ2) is 9.46. The van der Waals surface area contributed by atoms with E-state index in [1.54, 1.807) is 0 Å². The van der Waals surface area contributed by atoms with E-state index in [1.165, 1.54) is 17.5 Å². The van der Waals surface area contributed by atoms with E-state index in [-0.39, 0.29) is 28.8 Å². The van der Waals surface area contributed by atoms with Crippen molar-refractivity contribution < 1.29 is 17.9 Å². The van der Waals surface area contributed by atoms with E-state index in [0.717, 1.165) is 51.5 Å². The number of hydrogen-bond donors (Lipinski definition) is 1. The van der Waals surface area contributed by atoms with Gasteiger partial charge < -0.3 is 14.6 Å². The lowest BCUT2D eigenvalue weighted by Gasteiger charge is -2.39. The van der Waals surface area contributed by atoms with Crippen LogP contribution < -0.4 is 0 Å². The summed E-state index contributed by atoms with van der Waals surface area (Å²) in [6, 6.07) is 9.64. The van der Waals surface area contributed by atoms with Crippen LogP contribution in [0.3, 0.4) is 0 Å². The number of aryl methyl sites for hydroxylation is 1. The molecule has 1 aromatic carbocycles. The standard InChI is InChI=1S/C25H28F3N5O/c1-33(14-16-8-10-34-11-9-16)21-7-6-17-4-2-3-5-18(17)20(21)13-29-23-19-12-22(25(26,27)28)32-24(19)31-15-30-23/h2-5,12-13,15-16,20-21H,6-11,14H2,1H3,(H,30,31,32)/t20?,21-/m0/s1. The summed E-state index contributed by atoms with van der Waals surface area (Å²) in [5.74, 6) is 0.863. The number of nitrogens with one attached hydrogen (secondary N) is 1. The first-order valence-electron chi connectivity index (χ1n) is 11.7. The summed E-state index contributed by atoms with van der Waals surface area (Å²) in [7, 11) is 2.17. The minimum Gasteiger partial charge on any atom is -0.381 e. The second-order valence-electron chi connectivity index (χ2n) is 9.24. The van der Waals surface area contributed by atoms with Crippen LogP contribution in [0, 0.1) is 5.92 Å². The largest absolute Gasteiger partial charge is 0.431 e. The summed E-state index contributed by atoms with van der Waals surface area (Å²) in [6.07, 6.45) is 2.76. The number of fused-ring (bicyclic) bond motifs is 2. The molecule has 1 saturated heterocycles. The van der Waals surface area contributed by atoms with Crippen molar-refractivity contribution in [3.8, 4) is 0 Å². The fourth-order valence-electron chi connectivity index (χ4n) is 5.26. The minimum atomic E-state index is -4.48. The van der Waals surface area contributed by atoms with Crippen LogP contribution in [0.15, 0.2) is 41.7 Å². The highest BCUT2D eigenvalue weighted by molar-refractivity contribution is 5.88. The molecule has 2 atom stereocenters. The van der Waals surface area contributed by atoms with Crippen molar-refractivity contribution in [3.05, 3.63) is 53.5 Å². The zero-order valence-corrected chi connectivity index (χ0v) is 19.1. The average molecular weight is 472 g/mol. The molecule has 0 spiro atoms. The van der Waals surface area contributed by atoms with E-state index >= 15 is 0 Å². The molecular weight excluding hydrogens is 443 g/mol. The SMILES string of the molecule is CN(CC1CCOCC1)[C@H]1CCc2ccccc2C1C=Nc1ncnc2[nH]c(C(F)(F)F)cc12. The van der Waals surface area contributed by atoms with Gasteiger partial charge in [0, 0.05) is 37.9 Å². The molecule has 2 aliphatic rings. The second-order valence-corrected chi connectivity index (χ2v) is 9.24. The van der Waals surface area contributed by atoms with E-state index in [0.29, 0.717) is 5.92 Å². The molecule has 180 valence electrons. The molecule has 1 aliphatic heterocycles. The van der Waals surface area contributed by atoms with Crippen molar-refractivity contribution in [3.63, 3.8) is 0 Å². The number of aliphatic imine (C=N–C) groups is 1. The van der Waals surface area contributed by atoms with Crippen molar-refractivity contribution >= 4 is 23.1 Å². The molecule has 2 aromatic heterocycles. The Labute approximate surface area is 196 Å². The van der Waals surface area contributed by atoms with Gasteiger partial charge in [-0.15, -0.1) is 0 Å². The summed E-state index contributed by atoms with van der Waals surface area (Å²) < 4.78 is 45.1. The van der Waals surface area contributed by atoms with Crippen molar-refractivity contribution in [2.75, 3.05) is 26.8 Å². The molecule has 0 amide bonds. The Morgan fingerprint density at radius 3 is 2.76 bits per heavy atom. The van der Waals surface area contributed by atoms with Gasteiger partial charge in [0.1, 0.15) is 17.7 Å². The summed E-state index contributed by atoms with van der Waals surface area (Å²) >= 11 is 0. The third-order valence-electron chi connectivity index (χ3n) is 7.06. The molecule has 0 saturated carbocycles. The number of hydrogen-bond acceptors (Lipinski definition) is 5. The maximum atomic E-state index is 13.2. The van der Waals surface area contributed by atoms with Crippen molar-refractivity contribution in [1.82, 2.24) is 19.9 Å². The molecule has 1 fully saturated rings. The van der Waals surface area contributed by atoms with Crippen LogP contribution in [0.5, 0.6) is 0 Å². The number of likely N-dealkylation sites (N-methyl/N-ethyl adjacent to an activating group) is 1. The molecule has 0 radical (unpaired) electrons. The molecule has 1 N–H and O–H groups in total. The molecule has 3 heterocycles. The summed E-state index contributed by atoms with van der Waals surface area (Å²) in [4.78, 5) is 17.5. The molecule has 5 rings (SSSR count). The van der Waals surface area contributed by atoms with Crippen molar-refractivity contribution in [2.24, 2.45) is 10.9 Å².